The van der Waals surface area contributed by atoms with Gasteiger partial charge >= 0.3 is 0 Å². The molecule has 1 saturated carbocycles. The Balaban J connectivity index is 1.45. The fourth-order valence-corrected chi connectivity index (χ4v) is 5.41. The number of nitrogens with one attached hydrogen (secondary N) is 1. The smallest absolute Gasteiger partial charge is 0.137 e. The number of halogens is 1. The number of nitrogens with two attached hydrogens (primary N) is 2. The van der Waals surface area contributed by atoms with Crippen LogP contribution in [0.15, 0.2) is 11.8 Å². The first kappa shape index (κ1) is 22.4. The Morgan fingerprint density at radius 3 is 2.79 bits per heavy atom. The van der Waals surface area contributed by atoms with Gasteiger partial charge in [0.05, 0.1) is 37.5 Å². The minimum Gasteiger partial charge on any atom is -0.501 e. The second-order valence-corrected chi connectivity index (χ2v) is 9.74. The van der Waals surface area contributed by atoms with Crippen LogP contribution in [0.25, 0.3) is 0 Å². The minimum atomic E-state index is 0.116. The van der Waals surface area contributed by atoms with E-state index >= 15 is 0 Å². The van der Waals surface area contributed by atoms with Gasteiger partial charge < -0.3 is 20.5 Å². The van der Waals surface area contributed by atoms with Gasteiger partial charge in [0.1, 0.15) is 6.17 Å². The number of alkyl halides is 1. The Hall–Kier alpha value is -0.330. The Bertz CT molecular complexity index is 496. The molecule has 3 rings (SSSR count). The molecule has 3 aliphatic rings. The molecule has 2 aliphatic carbocycles. The lowest BCUT2D eigenvalue weighted by atomic mass is 9.77. The Morgan fingerprint density at radius 2 is 2.11 bits per heavy atom. The van der Waals surface area contributed by atoms with Crippen molar-refractivity contribution in [3.05, 3.63) is 11.8 Å². The first-order valence-corrected chi connectivity index (χ1v) is 11.8. The van der Waals surface area contributed by atoms with Crippen LogP contribution in [0.4, 0.5) is 0 Å². The highest BCUT2D eigenvalue weighted by atomic mass is 35.5. The van der Waals surface area contributed by atoms with Crippen molar-refractivity contribution in [3.8, 4) is 0 Å². The van der Waals surface area contributed by atoms with Crippen LogP contribution in [-0.2, 0) is 9.47 Å². The van der Waals surface area contributed by atoms with Crippen LogP contribution in [0.2, 0.25) is 0 Å². The van der Waals surface area contributed by atoms with Crippen molar-refractivity contribution in [1.82, 2.24) is 5.32 Å². The number of methoxy groups -OCH3 is 1. The van der Waals surface area contributed by atoms with Gasteiger partial charge in [-0.05, 0) is 50.5 Å². The van der Waals surface area contributed by atoms with E-state index in [1.165, 1.54) is 38.6 Å². The van der Waals surface area contributed by atoms with Crippen molar-refractivity contribution in [2.75, 3.05) is 20.3 Å². The van der Waals surface area contributed by atoms with Gasteiger partial charge in [-0.25, -0.2) is 0 Å². The second kappa shape index (κ2) is 11.2. The third-order valence-corrected chi connectivity index (χ3v) is 7.38. The Labute approximate surface area is 176 Å². The fourth-order valence-electron chi connectivity index (χ4n) is 5.21. The summed E-state index contributed by atoms with van der Waals surface area (Å²) >= 11 is 6.19. The molecule has 7 unspecified atom stereocenters. The fraction of sp³-hybridized carbons (Fsp3) is 0.909. The average Bonchev–Trinajstić information content (AvgIpc) is 2.73. The molecule has 6 heteroatoms. The highest BCUT2D eigenvalue weighted by molar-refractivity contribution is 6.20. The SMILES string of the molecule is COC1=CCC(C[NH2+]C(C)NC2CCCCC2C(N)C2CCC(Cl)CO2)CC1. The Morgan fingerprint density at radius 1 is 1.29 bits per heavy atom. The highest BCUT2D eigenvalue weighted by Gasteiger charge is 2.37. The quantitative estimate of drug-likeness (QED) is 0.421. The number of quaternary nitrogens is 1. The summed E-state index contributed by atoms with van der Waals surface area (Å²) in [6.45, 7) is 4.12. The molecule has 0 radical (unpaired) electrons. The van der Waals surface area contributed by atoms with E-state index in [4.69, 9.17) is 26.8 Å². The van der Waals surface area contributed by atoms with Crippen LogP contribution in [0.5, 0.6) is 0 Å². The molecule has 5 N–H and O–H groups in total. The van der Waals surface area contributed by atoms with Gasteiger partial charge in [0.2, 0.25) is 0 Å². The van der Waals surface area contributed by atoms with E-state index in [9.17, 15) is 0 Å². The van der Waals surface area contributed by atoms with Gasteiger partial charge in [0.25, 0.3) is 0 Å². The van der Waals surface area contributed by atoms with Gasteiger partial charge in [-0.2, -0.15) is 0 Å². The summed E-state index contributed by atoms with van der Waals surface area (Å²) in [6, 6.07) is 0.615. The molecule has 0 aromatic heterocycles. The largest absolute Gasteiger partial charge is 0.501 e. The van der Waals surface area contributed by atoms with E-state index in [1.807, 2.05) is 0 Å². The van der Waals surface area contributed by atoms with Crippen molar-refractivity contribution in [1.29, 1.82) is 0 Å². The van der Waals surface area contributed by atoms with Crippen molar-refractivity contribution in [2.45, 2.75) is 94.4 Å². The van der Waals surface area contributed by atoms with E-state index in [0.717, 1.165) is 37.4 Å². The molecule has 0 aromatic rings. The van der Waals surface area contributed by atoms with E-state index in [-0.39, 0.29) is 17.5 Å². The van der Waals surface area contributed by atoms with Gasteiger partial charge in [-0.1, -0.05) is 12.8 Å². The zero-order valence-electron chi connectivity index (χ0n) is 17.7. The van der Waals surface area contributed by atoms with E-state index in [2.05, 4.69) is 23.6 Å². The monoisotopic (exact) mass is 414 g/mol. The molecule has 0 aromatic carbocycles. The lowest BCUT2D eigenvalue weighted by Gasteiger charge is -2.41. The number of ether oxygens (including phenoxy) is 2. The van der Waals surface area contributed by atoms with Crippen LogP contribution < -0.4 is 16.4 Å². The summed E-state index contributed by atoms with van der Waals surface area (Å²) in [5, 5.41) is 6.53. The summed E-state index contributed by atoms with van der Waals surface area (Å²) in [5.74, 6) is 2.42. The second-order valence-electron chi connectivity index (χ2n) is 9.12. The average molecular weight is 415 g/mol. The maximum Gasteiger partial charge on any atom is 0.137 e. The molecule has 0 bridgehead atoms. The lowest BCUT2D eigenvalue weighted by Crippen LogP contribution is -2.94. The summed E-state index contributed by atoms with van der Waals surface area (Å²) < 4.78 is 11.4. The van der Waals surface area contributed by atoms with Crippen molar-refractivity contribution >= 4 is 11.6 Å². The molecule has 28 heavy (non-hydrogen) atoms. The van der Waals surface area contributed by atoms with Crippen LogP contribution >= 0.6 is 11.6 Å². The van der Waals surface area contributed by atoms with Crippen LogP contribution in [0, 0.1) is 11.8 Å². The van der Waals surface area contributed by atoms with Crippen molar-refractivity contribution in [2.24, 2.45) is 17.6 Å². The van der Waals surface area contributed by atoms with Gasteiger partial charge in [0.15, 0.2) is 0 Å². The molecule has 1 saturated heterocycles. The van der Waals surface area contributed by atoms with Crippen LogP contribution in [-0.4, -0.2) is 50.0 Å². The zero-order chi connectivity index (χ0) is 19.9. The van der Waals surface area contributed by atoms with E-state index < -0.39 is 0 Å². The number of hydrogen-bond acceptors (Lipinski definition) is 4. The first-order valence-electron chi connectivity index (χ1n) is 11.4. The standard InChI is InChI=1S/C22H40ClN3O2/c1-15(25-13-16-7-10-18(27-2)11-8-16)26-20-6-4-3-5-19(20)22(24)21-12-9-17(23)14-28-21/h10,15-17,19-22,25-26H,3-9,11-14,24H2,1-2H3/p+1. The van der Waals surface area contributed by atoms with E-state index in [0.29, 0.717) is 24.7 Å². The predicted octanol–water partition coefficient (Wildman–Crippen LogP) is 2.49. The highest BCUT2D eigenvalue weighted by Crippen LogP contribution is 2.31. The molecule has 1 heterocycles. The number of rotatable bonds is 8. The molecule has 5 nitrogen and oxygen atoms in total. The van der Waals surface area contributed by atoms with Crippen molar-refractivity contribution in [3.63, 3.8) is 0 Å². The molecule has 162 valence electrons. The molecular weight excluding hydrogens is 374 g/mol. The summed E-state index contributed by atoms with van der Waals surface area (Å²) in [5.41, 5.74) is 6.72. The topological polar surface area (TPSA) is 73.1 Å². The van der Waals surface area contributed by atoms with E-state index in [1.54, 1.807) is 7.11 Å². The van der Waals surface area contributed by atoms with Gasteiger partial charge in [-0.3, -0.25) is 5.32 Å². The number of allylic oxidation sites excluding steroid dienone is 2. The molecule has 7 atom stereocenters. The van der Waals surface area contributed by atoms with Crippen LogP contribution in [0.1, 0.15) is 64.7 Å². The molecule has 0 spiro atoms. The van der Waals surface area contributed by atoms with Gasteiger partial charge in [-0.15, -0.1) is 11.6 Å². The van der Waals surface area contributed by atoms with Gasteiger partial charge in [0, 0.05) is 31.3 Å². The molecule has 2 fully saturated rings. The predicted molar refractivity (Wildman–Crippen MR) is 114 cm³/mol. The van der Waals surface area contributed by atoms with Crippen LogP contribution in [0.3, 0.4) is 0 Å². The number of hydrogen-bond donors (Lipinski definition) is 3. The summed E-state index contributed by atoms with van der Waals surface area (Å²) in [7, 11) is 1.78. The lowest BCUT2D eigenvalue weighted by molar-refractivity contribution is -0.697. The molecule has 0 amide bonds. The zero-order valence-corrected chi connectivity index (χ0v) is 18.5. The Kier molecular flexibility index (Phi) is 8.92. The maximum absolute atomic E-state index is 6.72. The summed E-state index contributed by atoms with van der Waals surface area (Å²) in [6.07, 6.45) is 13.4. The summed E-state index contributed by atoms with van der Waals surface area (Å²) in [4.78, 5) is 0. The van der Waals surface area contributed by atoms with Crippen molar-refractivity contribution < 1.29 is 14.8 Å². The third kappa shape index (κ3) is 6.33. The molecular formula is C22H41ClN3O2+. The minimum absolute atomic E-state index is 0.116. The molecule has 1 aliphatic heterocycles. The third-order valence-electron chi connectivity index (χ3n) is 7.04. The maximum atomic E-state index is 6.72. The first-order chi connectivity index (χ1) is 13.6. The normalized spacial score (nSPS) is 36.4.